The summed E-state index contributed by atoms with van der Waals surface area (Å²) in [6.07, 6.45) is 5.78. The number of thioether (sulfide) groups is 1. The molecule has 7 heteroatoms. The topological polar surface area (TPSA) is 59.8 Å². The average molecular weight is 322 g/mol. The Morgan fingerprint density at radius 2 is 2.43 bits per heavy atom. The van der Waals surface area contributed by atoms with Crippen molar-refractivity contribution in [2.45, 2.75) is 42.6 Å². The Balaban J connectivity index is 1.63. The van der Waals surface area contributed by atoms with Gasteiger partial charge in [-0.2, -0.15) is 0 Å². The number of thiophene rings is 1. The second-order valence-electron chi connectivity index (χ2n) is 5.03. The molecule has 1 amide bonds. The molecular formula is C14H18N4OS2. The number of aryl methyl sites for hydroxylation is 2. The molecule has 0 aromatic carbocycles. The Labute approximate surface area is 132 Å². The highest BCUT2D eigenvalue weighted by molar-refractivity contribution is 8.00. The third-order valence-electron chi connectivity index (χ3n) is 3.49. The Morgan fingerprint density at radius 1 is 1.48 bits per heavy atom. The van der Waals surface area contributed by atoms with Crippen LogP contribution >= 0.6 is 23.1 Å². The van der Waals surface area contributed by atoms with Gasteiger partial charge in [-0.3, -0.25) is 4.79 Å². The summed E-state index contributed by atoms with van der Waals surface area (Å²) in [5.74, 6) is 0.130. The predicted octanol–water partition coefficient (Wildman–Crippen LogP) is 2.34. The van der Waals surface area contributed by atoms with Crippen molar-refractivity contribution in [3.8, 4) is 0 Å². The van der Waals surface area contributed by atoms with Crippen molar-refractivity contribution in [2.75, 3.05) is 6.54 Å². The van der Waals surface area contributed by atoms with Crippen molar-refractivity contribution in [3.63, 3.8) is 0 Å². The van der Waals surface area contributed by atoms with E-state index in [1.54, 1.807) is 17.7 Å². The van der Waals surface area contributed by atoms with Crippen molar-refractivity contribution in [3.05, 3.63) is 28.7 Å². The van der Waals surface area contributed by atoms with E-state index in [1.165, 1.54) is 16.6 Å². The zero-order valence-corrected chi connectivity index (χ0v) is 13.3. The van der Waals surface area contributed by atoms with E-state index < -0.39 is 0 Å². The maximum Gasteiger partial charge on any atom is 0.233 e. The molecule has 0 radical (unpaired) electrons. The molecule has 1 N–H and O–H groups in total. The lowest BCUT2D eigenvalue weighted by molar-refractivity contribution is -0.120. The summed E-state index contributed by atoms with van der Waals surface area (Å²) in [5, 5.41) is 14.0. The molecule has 5 nitrogen and oxygen atoms in total. The molecule has 1 aliphatic rings. The molecule has 3 heterocycles. The van der Waals surface area contributed by atoms with Gasteiger partial charge in [0.15, 0.2) is 5.16 Å². The Morgan fingerprint density at radius 3 is 3.29 bits per heavy atom. The molecule has 1 atom stereocenters. The molecule has 1 fully saturated rings. The fourth-order valence-corrected chi connectivity index (χ4v) is 4.12. The molecule has 2 aromatic heterocycles. The molecule has 112 valence electrons. The minimum atomic E-state index is -0.0443. The second kappa shape index (κ2) is 7.09. The van der Waals surface area contributed by atoms with Crippen LogP contribution in [0.2, 0.25) is 0 Å². The lowest BCUT2D eigenvalue weighted by atomic mass is 10.2. The van der Waals surface area contributed by atoms with E-state index in [9.17, 15) is 4.79 Å². The summed E-state index contributed by atoms with van der Waals surface area (Å²) in [7, 11) is 0. The van der Waals surface area contributed by atoms with Gasteiger partial charge in [0.2, 0.25) is 5.91 Å². The van der Waals surface area contributed by atoms with Crippen LogP contribution in [0.5, 0.6) is 0 Å². The van der Waals surface area contributed by atoms with Crippen molar-refractivity contribution in [1.82, 2.24) is 20.1 Å². The van der Waals surface area contributed by atoms with Crippen LogP contribution in [0.15, 0.2) is 29.0 Å². The summed E-state index contributed by atoms with van der Waals surface area (Å²) in [5.41, 5.74) is 0. The first-order chi connectivity index (χ1) is 10.3. The van der Waals surface area contributed by atoms with E-state index >= 15 is 0 Å². The number of hydrogen-bond acceptors (Lipinski definition) is 5. The number of nitrogens with one attached hydrogen (secondary N) is 1. The van der Waals surface area contributed by atoms with E-state index in [1.807, 2.05) is 4.57 Å². The number of hydrogen-bond donors (Lipinski definition) is 1. The largest absolute Gasteiger partial charge is 0.355 e. The van der Waals surface area contributed by atoms with Gasteiger partial charge in [-0.1, -0.05) is 24.2 Å². The summed E-state index contributed by atoms with van der Waals surface area (Å²) >= 11 is 3.30. The Hall–Kier alpha value is -1.34. The van der Waals surface area contributed by atoms with Crippen LogP contribution in [0.4, 0.5) is 0 Å². The fourth-order valence-electron chi connectivity index (χ4n) is 2.33. The summed E-state index contributed by atoms with van der Waals surface area (Å²) in [4.78, 5) is 13.4. The molecule has 3 rings (SSSR count). The minimum absolute atomic E-state index is 0.0443. The van der Waals surface area contributed by atoms with Gasteiger partial charge >= 0.3 is 0 Å². The van der Waals surface area contributed by atoms with Gasteiger partial charge in [-0.15, -0.1) is 21.5 Å². The first-order valence-electron chi connectivity index (χ1n) is 7.17. The van der Waals surface area contributed by atoms with Gasteiger partial charge in [0, 0.05) is 18.0 Å². The molecule has 0 spiro atoms. The van der Waals surface area contributed by atoms with Gasteiger partial charge in [-0.05, 0) is 30.7 Å². The smallest absolute Gasteiger partial charge is 0.233 e. The molecule has 0 saturated carbocycles. The maximum absolute atomic E-state index is 12.0. The van der Waals surface area contributed by atoms with Crippen molar-refractivity contribution < 1.29 is 4.79 Å². The number of nitrogens with zero attached hydrogens (tertiary/aromatic N) is 3. The van der Waals surface area contributed by atoms with Crippen LogP contribution in [0, 0.1) is 0 Å². The molecule has 0 unspecified atom stereocenters. The van der Waals surface area contributed by atoms with Crippen LogP contribution in [-0.2, 0) is 17.8 Å². The molecule has 1 saturated heterocycles. The van der Waals surface area contributed by atoms with Crippen LogP contribution < -0.4 is 5.32 Å². The van der Waals surface area contributed by atoms with E-state index in [-0.39, 0.29) is 11.2 Å². The lowest BCUT2D eigenvalue weighted by Gasteiger charge is -2.12. The maximum atomic E-state index is 12.0. The number of carbonyl (C=O) groups is 1. The highest BCUT2D eigenvalue weighted by Gasteiger charge is 2.23. The minimum Gasteiger partial charge on any atom is -0.355 e. The molecule has 2 aromatic rings. The number of aromatic nitrogens is 3. The highest BCUT2D eigenvalue weighted by Crippen LogP contribution is 2.26. The van der Waals surface area contributed by atoms with Crippen LogP contribution in [0.3, 0.4) is 0 Å². The average Bonchev–Trinajstić information content (AvgIpc) is 3.10. The van der Waals surface area contributed by atoms with Crippen LogP contribution in [0.1, 0.15) is 24.1 Å². The third kappa shape index (κ3) is 3.85. The van der Waals surface area contributed by atoms with Crippen molar-refractivity contribution >= 4 is 29.0 Å². The lowest BCUT2D eigenvalue weighted by Crippen LogP contribution is -2.30. The zero-order valence-electron chi connectivity index (χ0n) is 11.7. The number of amides is 1. The van der Waals surface area contributed by atoms with Crippen LogP contribution in [0.25, 0.3) is 0 Å². The molecule has 1 aliphatic heterocycles. The van der Waals surface area contributed by atoms with E-state index in [2.05, 4.69) is 33.0 Å². The molecule has 0 bridgehead atoms. The molecule has 0 aliphatic carbocycles. The summed E-state index contributed by atoms with van der Waals surface area (Å²) in [6.45, 7) is 1.64. The van der Waals surface area contributed by atoms with Crippen molar-refractivity contribution in [1.29, 1.82) is 0 Å². The van der Waals surface area contributed by atoms with Gasteiger partial charge in [0.1, 0.15) is 6.33 Å². The standard InChI is InChI=1S/C14H18N4OS2/c19-13-12(5-1-2-7-15-13)21-14-17-16-10-18(14)8-6-11-4-3-9-20-11/h3-4,9-10,12H,1-2,5-8H2,(H,15,19)/t12-/m0/s1. The Kier molecular flexibility index (Phi) is 4.92. The monoisotopic (exact) mass is 322 g/mol. The molecular weight excluding hydrogens is 304 g/mol. The van der Waals surface area contributed by atoms with Crippen LogP contribution in [-0.4, -0.2) is 32.5 Å². The van der Waals surface area contributed by atoms with Gasteiger partial charge in [0.05, 0.1) is 5.25 Å². The summed E-state index contributed by atoms with van der Waals surface area (Å²) in [6, 6.07) is 4.21. The first-order valence-corrected chi connectivity index (χ1v) is 8.93. The molecule has 21 heavy (non-hydrogen) atoms. The fraction of sp³-hybridized carbons (Fsp3) is 0.500. The predicted molar refractivity (Wildman–Crippen MR) is 84.6 cm³/mol. The van der Waals surface area contributed by atoms with Crippen molar-refractivity contribution in [2.24, 2.45) is 0 Å². The quantitative estimate of drug-likeness (QED) is 0.918. The number of carbonyl (C=O) groups excluding carboxylic acids is 1. The number of rotatable bonds is 5. The Bertz CT molecular complexity index is 582. The third-order valence-corrected chi connectivity index (χ3v) is 5.69. The van der Waals surface area contributed by atoms with Gasteiger partial charge in [0.25, 0.3) is 0 Å². The normalized spacial score (nSPS) is 19.2. The van der Waals surface area contributed by atoms with E-state index in [0.717, 1.165) is 43.9 Å². The SMILES string of the molecule is O=C1NCCCC[C@@H]1Sc1nncn1CCc1cccs1. The van der Waals surface area contributed by atoms with Gasteiger partial charge < -0.3 is 9.88 Å². The highest BCUT2D eigenvalue weighted by atomic mass is 32.2. The van der Waals surface area contributed by atoms with E-state index in [0.29, 0.717) is 0 Å². The first kappa shape index (κ1) is 14.6. The van der Waals surface area contributed by atoms with E-state index in [4.69, 9.17) is 0 Å². The summed E-state index contributed by atoms with van der Waals surface area (Å²) < 4.78 is 2.04. The van der Waals surface area contributed by atoms with Gasteiger partial charge in [-0.25, -0.2) is 0 Å². The zero-order chi connectivity index (χ0) is 14.5. The second-order valence-corrected chi connectivity index (χ2v) is 7.23.